The Morgan fingerprint density at radius 2 is 0.529 bits per heavy atom. The average molecular weight is 924 g/mol. The fourth-order valence-corrected chi connectivity index (χ4v) is 9.52. The molecule has 1 heterocycles. The predicted molar refractivity (Wildman–Crippen MR) is 287 cm³/mol. The second-order valence-electron chi connectivity index (χ2n) is 18.8. The van der Waals surface area contributed by atoms with Gasteiger partial charge < -0.3 is 33.0 Å². The van der Waals surface area contributed by atoms with Crippen molar-refractivity contribution in [3.63, 3.8) is 0 Å². The number of aromatic nitrogens is 1. The molecule has 7 heteroatoms. The van der Waals surface area contributed by atoms with Crippen LogP contribution in [-0.2, 0) is 6.54 Å². The molecule has 0 spiro atoms. The van der Waals surface area contributed by atoms with E-state index in [1.165, 1.54) is 21.8 Å². The van der Waals surface area contributed by atoms with Gasteiger partial charge in [0, 0.05) is 28.4 Å². The van der Waals surface area contributed by atoms with Crippen LogP contribution in [0, 0.1) is 0 Å². The molecule has 0 bridgehead atoms. The highest BCUT2D eigenvalue weighted by molar-refractivity contribution is 6.27. The summed E-state index contributed by atoms with van der Waals surface area (Å²) in [6, 6.07) is 30.9. The van der Waals surface area contributed by atoms with Crippen LogP contribution in [0.4, 0.5) is 0 Å². The number of ether oxygens (including phenoxy) is 6. The highest BCUT2D eigenvalue weighted by Gasteiger charge is 2.21. The highest BCUT2D eigenvalue weighted by atomic mass is 16.5. The van der Waals surface area contributed by atoms with Gasteiger partial charge in [-0.15, -0.1) is 0 Å². The Balaban J connectivity index is 1.24. The van der Waals surface area contributed by atoms with E-state index in [-0.39, 0.29) is 0 Å². The normalized spacial score (nSPS) is 11.7. The van der Waals surface area contributed by atoms with Gasteiger partial charge in [0.1, 0.15) is 0 Å². The third-order valence-electron chi connectivity index (χ3n) is 13.4. The number of nitrogens with zero attached hydrogens (tertiary/aromatic N) is 1. The van der Waals surface area contributed by atoms with Gasteiger partial charge in [0.05, 0.1) is 39.6 Å². The molecule has 68 heavy (non-hydrogen) atoms. The van der Waals surface area contributed by atoms with Gasteiger partial charge in [-0.1, -0.05) is 148 Å². The molecule has 1 aromatic heterocycles. The monoisotopic (exact) mass is 924 g/mol. The molecule has 0 unspecified atom stereocenters. The quantitative estimate of drug-likeness (QED) is 0.0302. The Bertz CT molecular complexity index is 2530. The van der Waals surface area contributed by atoms with Crippen LogP contribution in [0.15, 0.2) is 84.9 Å². The molecule has 0 fully saturated rings. The maximum Gasteiger partial charge on any atom is 0.161 e. The molecule has 0 radical (unpaired) electrons. The molecule has 0 atom stereocenters. The number of unbranched alkanes of at least 4 members (excludes halogenated alkanes) is 13. The minimum absolute atomic E-state index is 0.619. The first-order chi connectivity index (χ1) is 33.6. The number of rotatable bonds is 33. The van der Waals surface area contributed by atoms with Crippen molar-refractivity contribution in [1.29, 1.82) is 0 Å². The van der Waals surface area contributed by atoms with Crippen molar-refractivity contribution in [2.45, 2.75) is 163 Å². The van der Waals surface area contributed by atoms with Crippen LogP contribution in [0.3, 0.4) is 0 Å². The fraction of sp³-hybridized carbons (Fsp3) is 0.508. The van der Waals surface area contributed by atoms with Crippen LogP contribution in [0.1, 0.15) is 157 Å². The Hall–Kier alpha value is -5.30. The second kappa shape index (κ2) is 27.0. The molecule has 0 aliphatic heterocycles. The zero-order chi connectivity index (χ0) is 47.3. The summed E-state index contributed by atoms with van der Waals surface area (Å²) in [6.07, 6.45) is 20.6. The van der Waals surface area contributed by atoms with Crippen LogP contribution in [-0.4, -0.2) is 44.2 Å². The Morgan fingerprint density at radius 1 is 0.279 bits per heavy atom. The maximum absolute atomic E-state index is 6.81. The van der Waals surface area contributed by atoms with Gasteiger partial charge >= 0.3 is 0 Å². The summed E-state index contributed by atoms with van der Waals surface area (Å²) in [4.78, 5) is 0. The fourth-order valence-electron chi connectivity index (χ4n) is 9.52. The zero-order valence-electron chi connectivity index (χ0n) is 42.4. The molecule has 7 nitrogen and oxygen atoms in total. The van der Waals surface area contributed by atoms with E-state index < -0.39 is 0 Å². The molecule has 0 aliphatic carbocycles. The Labute approximate surface area is 407 Å². The van der Waals surface area contributed by atoms with Crippen molar-refractivity contribution in [2.24, 2.45) is 0 Å². The third-order valence-corrected chi connectivity index (χ3v) is 13.4. The van der Waals surface area contributed by atoms with Crippen LogP contribution < -0.4 is 28.4 Å². The lowest BCUT2D eigenvalue weighted by atomic mass is 9.93. The lowest BCUT2D eigenvalue weighted by molar-refractivity contribution is 0.259. The first-order valence-corrected chi connectivity index (χ1v) is 26.9. The van der Waals surface area contributed by atoms with E-state index in [4.69, 9.17) is 28.4 Å². The summed E-state index contributed by atoms with van der Waals surface area (Å²) >= 11 is 0. The van der Waals surface area contributed by atoms with E-state index in [1.807, 2.05) is 0 Å². The number of fused-ring (bicyclic) bond motifs is 9. The third kappa shape index (κ3) is 13.1. The van der Waals surface area contributed by atoms with Crippen LogP contribution in [0.2, 0.25) is 0 Å². The van der Waals surface area contributed by atoms with E-state index >= 15 is 0 Å². The van der Waals surface area contributed by atoms with Crippen LogP contribution >= 0.6 is 0 Å². The molecule has 7 aromatic rings. The zero-order valence-corrected chi connectivity index (χ0v) is 42.4. The molecule has 6 aromatic carbocycles. The molecular weight excluding hydrogens is 843 g/mol. The molecule has 366 valence electrons. The first-order valence-electron chi connectivity index (χ1n) is 26.9. The summed E-state index contributed by atoms with van der Waals surface area (Å²) in [5, 5.41) is 9.25. The van der Waals surface area contributed by atoms with Crippen LogP contribution in [0.25, 0.3) is 54.1 Å². The SMILES string of the molecule is CCCCCOc1cc2c3cc(OCCCCC)c(OCCCCC)cc3c3cc(OCCCCCCn4c5ccccc5c5ccccc54)c(OCCCCC)cc3c2cc1OCCCCC. The smallest absolute Gasteiger partial charge is 0.161 e. The second-order valence-corrected chi connectivity index (χ2v) is 18.8. The summed E-state index contributed by atoms with van der Waals surface area (Å²) in [5.74, 6) is 4.75. The van der Waals surface area contributed by atoms with E-state index in [1.54, 1.807) is 0 Å². The number of para-hydroxylation sites is 2. The summed E-state index contributed by atoms with van der Waals surface area (Å²) in [7, 11) is 0. The largest absolute Gasteiger partial charge is 0.490 e. The van der Waals surface area contributed by atoms with Crippen molar-refractivity contribution in [3.8, 4) is 34.5 Å². The average Bonchev–Trinajstić information content (AvgIpc) is 3.68. The Morgan fingerprint density at radius 3 is 0.809 bits per heavy atom. The van der Waals surface area contributed by atoms with Gasteiger partial charge in [0.15, 0.2) is 34.5 Å². The van der Waals surface area contributed by atoms with E-state index in [2.05, 4.69) is 124 Å². The molecular formula is C61H81NO6. The van der Waals surface area contributed by atoms with E-state index in [0.717, 1.165) is 195 Å². The molecule has 0 saturated carbocycles. The topological polar surface area (TPSA) is 60.3 Å². The number of aryl methyl sites for hydroxylation is 1. The van der Waals surface area contributed by atoms with Crippen molar-refractivity contribution in [2.75, 3.05) is 39.6 Å². The number of hydrogen-bond donors (Lipinski definition) is 0. The predicted octanol–water partition coefficient (Wildman–Crippen LogP) is 17.7. The minimum atomic E-state index is 0.619. The van der Waals surface area contributed by atoms with Crippen molar-refractivity contribution in [3.05, 3.63) is 84.9 Å². The van der Waals surface area contributed by atoms with Crippen molar-refractivity contribution >= 4 is 54.1 Å². The summed E-state index contributed by atoms with van der Waals surface area (Å²) in [5.41, 5.74) is 2.64. The summed E-state index contributed by atoms with van der Waals surface area (Å²) in [6.45, 7) is 16.0. The molecule has 7 rings (SSSR count). The van der Waals surface area contributed by atoms with Crippen molar-refractivity contribution in [1.82, 2.24) is 4.57 Å². The van der Waals surface area contributed by atoms with E-state index in [9.17, 15) is 0 Å². The molecule has 0 N–H and O–H groups in total. The minimum Gasteiger partial charge on any atom is -0.490 e. The molecule has 0 saturated heterocycles. The standard InChI is InChI=1S/C61H81NO6/c1-6-11-23-34-63-56-40-48-49-41-57(64-35-24-12-7-2)59(66-37-26-14-9-4)43-51(49)53-45-61(60(67-38-27-15-10-5)44-52(53)50(48)42-58(56)65-36-25-13-8-3)68-39-28-17-16-22-33-62-54-31-20-18-29-46(54)47-30-19-21-32-55(47)62/h18-21,29-32,40-45H,6-17,22-28,33-39H2,1-5H3. The summed E-state index contributed by atoms with van der Waals surface area (Å²) < 4.78 is 42.5. The highest BCUT2D eigenvalue weighted by Crippen LogP contribution is 2.47. The maximum atomic E-state index is 6.81. The van der Waals surface area contributed by atoms with Crippen LogP contribution in [0.5, 0.6) is 34.5 Å². The number of benzene rings is 6. The van der Waals surface area contributed by atoms with Gasteiger partial charge in [0.25, 0.3) is 0 Å². The van der Waals surface area contributed by atoms with Gasteiger partial charge in [0.2, 0.25) is 0 Å². The van der Waals surface area contributed by atoms with E-state index in [0.29, 0.717) is 39.6 Å². The van der Waals surface area contributed by atoms with Crippen molar-refractivity contribution < 1.29 is 28.4 Å². The molecule has 0 amide bonds. The first kappa shape index (κ1) is 50.6. The molecule has 0 aliphatic rings. The number of hydrogen-bond acceptors (Lipinski definition) is 6. The van der Waals surface area contributed by atoms with Gasteiger partial charge in [-0.2, -0.15) is 0 Å². The Kier molecular flexibility index (Phi) is 20.1. The lowest BCUT2D eigenvalue weighted by Crippen LogP contribution is -2.05. The van der Waals surface area contributed by atoms with Gasteiger partial charge in [-0.05, 0) is 126 Å². The lowest BCUT2D eigenvalue weighted by Gasteiger charge is -2.21. The van der Waals surface area contributed by atoms with Gasteiger partial charge in [-0.25, -0.2) is 0 Å². The van der Waals surface area contributed by atoms with Gasteiger partial charge in [-0.3, -0.25) is 0 Å².